The number of carboxylic acids is 2. The molecule has 0 saturated heterocycles. The molecule has 2 aromatic carbocycles. The molecule has 0 fully saturated rings. The number of carboxylic acid groups (broad SMARTS) is 2. The first-order valence-corrected chi connectivity index (χ1v) is 8.04. The first-order valence-electron chi connectivity index (χ1n) is 8.04. The number of benzene rings is 2. The largest absolute Gasteiger partial charge is 0.480 e. The Morgan fingerprint density at radius 1 is 1.11 bits per heavy atom. The zero-order valence-corrected chi connectivity index (χ0v) is 13.9. The van der Waals surface area contributed by atoms with Crippen LogP contribution in [0.1, 0.15) is 15.9 Å². The molecule has 1 aliphatic rings. The van der Waals surface area contributed by atoms with E-state index in [1.807, 2.05) is 0 Å². The molecule has 27 heavy (non-hydrogen) atoms. The quantitative estimate of drug-likeness (QED) is 0.638. The lowest BCUT2D eigenvalue weighted by atomic mass is 10.1. The van der Waals surface area contributed by atoms with Crippen molar-refractivity contribution >= 4 is 17.6 Å². The third kappa shape index (κ3) is 2.89. The molecule has 3 N–H and O–H groups in total. The van der Waals surface area contributed by atoms with Gasteiger partial charge in [0.2, 0.25) is 0 Å². The van der Waals surface area contributed by atoms with Gasteiger partial charge in [0.25, 0.3) is 0 Å². The van der Waals surface area contributed by atoms with Crippen molar-refractivity contribution in [1.82, 2.24) is 15.0 Å². The Morgan fingerprint density at radius 2 is 1.93 bits per heavy atom. The van der Waals surface area contributed by atoms with Gasteiger partial charge in [-0.05, 0) is 35.9 Å². The standard InChI is InChI=1S/C18H14N4O5/c23-17(24)11-3-1-2-10(6-11)14-9-21(20-19-14)13-4-5-15-12(7-13)8-16(18(25)26)22(15)27/h1-7,9,16,27H,8H2,(H,23,24)(H,25,26). The van der Waals surface area contributed by atoms with Crippen LogP contribution in [0.3, 0.4) is 0 Å². The summed E-state index contributed by atoms with van der Waals surface area (Å²) in [6.07, 6.45) is 1.83. The molecule has 9 heteroatoms. The van der Waals surface area contributed by atoms with Crippen molar-refractivity contribution in [1.29, 1.82) is 0 Å². The minimum absolute atomic E-state index is 0.155. The fraction of sp³-hybridized carbons (Fsp3) is 0.111. The lowest BCUT2D eigenvalue weighted by Crippen LogP contribution is -2.35. The number of carbonyl (C=O) groups is 2. The highest BCUT2D eigenvalue weighted by Gasteiger charge is 2.34. The van der Waals surface area contributed by atoms with Crippen molar-refractivity contribution in [2.75, 3.05) is 5.06 Å². The van der Waals surface area contributed by atoms with E-state index in [2.05, 4.69) is 10.3 Å². The van der Waals surface area contributed by atoms with Crippen LogP contribution in [0.25, 0.3) is 16.9 Å². The molecule has 3 aromatic rings. The van der Waals surface area contributed by atoms with Gasteiger partial charge in [0.1, 0.15) is 5.69 Å². The van der Waals surface area contributed by atoms with Crippen molar-refractivity contribution in [2.24, 2.45) is 0 Å². The van der Waals surface area contributed by atoms with Gasteiger partial charge in [0, 0.05) is 12.0 Å². The van der Waals surface area contributed by atoms with Crippen LogP contribution in [0.4, 0.5) is 5.69 Å². The van der Waals surface area contributed by atoms with E-state index in [0.717, 1.165) is 5.06 Å². The number of anilines is 1. The molecule has 0 spiro atoms. The Bertz CT molecular complexity index is 1060. The monoisotopic (exact) mass is 366 g/mol. The third-order valence-corrected chi connectivity index (χ3v) is 4.47. The molecule has 0 amide bonds. The van der Waals surface area contributed by atoms with Gasteiger partial charge in [0.05, 0.1) is 23.1 Å². The predicted octanol–water partition coefficient (Wildman–Crippen LogP) is 1.84. The van der Waals surface area contributed by atoms with Crippen molar-refractivity contribution < 1.29 is 25.0 Å². The zero-order valence-electron chi connectivity index (χ0n) is 13.9. The average molecular weight is 366 g/mol. The van der Waals surface area contributed by atoms with Crippen LogP contribution >= 0.6 is 0 Å². The van der Waals surface area contributed by atoms with E-state index in [0.29, 0.717) is 28.2 Å². The van der Waals surface area contributed by atoms with Crippen molar-refractivity contribution in [3.8, 4) is 16.9 Å². The van der Waals surface area contributed by atoms with Crippen LogP contribution in [0.2, 0.25) is 0 Å². The zero-order chi connectivity index (χ0) is 19.1. The third-order valence-electron chi connectivity index (χ3n) is 4.47. The highest BCUT2D eigenvalue weighted by atomic mass is 16.5. The summed E-state index contributed by atoms with van der Waals surface area (Å²) in [6, 6.07) is 10.4. The summed E-state index contributed by atoms with van der Waals surface area (Å²) in [5.41, 5.74) is 3.07. The van der Waals surface area contributed by atoms with Gasteiger partial charge in [-0.25, -0.2) is 19.3 Å². The summed E-state index contributed by atoms with van der Waals surface area (Å²) in [5, 5.41) is 37.1. The molecule has 1 aromatic heterocycles. The van der Waals surface area contributed by atoms with Gasteiger partial charge in [-0.3, -0.25) is 5.21 Å². The second-order valence-electron chi connectivity index (χ2n) is 6.15. The predicted molar refractivity (Wildman–Crippen MR) is 93.1 cm³/mol. The number of hydrogen-bond donors (Lipinski definition) is 3. The number of aromatic nitrogens is 3. The average Bonchev–Trinajstić information content (AvgIpc) is 3.27. The molecule has 0 aliphatic carbocycles. The molecule has 136 valence electrons. The molecule has 1 atom stereocenters. The van der Waals surface area contributed by atoms with Crippen molar-refractivity contribution in [3.05, 3.63) is 59.8 Å². The number of nitrogens with zero attached hydrogens (tertiary/aromatic N) is 4. The number of aromatic carboxylic acids is 1. The molecule has 1 aliphatic heterocycles. The first-order chi connectivity index (χ1) is 12.9. The molecule has 9 nitrogen and oxygen atoms in total. The summed E-state index contributed by atoms with van der Waals surface area (Å²) in [5.74, 6) is -2.12. The molecule has 1 unspecified atom stereocenters. The van der Waals surface area contributed by atoms with Gasteiger partial charge in [-0.2, -0.15) is 0 Å². The fourth-order valence-electron chi connectivity index (χ4n) is 3.09. The molecular weight excluding hydrogens is 352 g/mol. The van der Waals surface area contributed by atoms with E-state index >= 15 is 0 Å². The highest BCUT2D eigenvalue weighted by Crippen LogP contribution is 2.32. The van der Waals surface area contributed by atoms with Crippen LogP contribution in [0, 0.1) is 0 Å². The summed E-state index contributed by atoms with van der Waals surface area (Å²) >= 11 is 0. The highest BCUT2D eigenvalue weighted by molar-refractivity contribution is 5.89. The summed E-state index contributed by atoms with van der Waals surface area (Å²) in [4.78, 5) is 22.3. The van der Waals surface area contributed by atoms with Crippen LogP contribution in [-0.2, 0) is 11.2 Å². The first kappa shape index (κ1) is 16.7. The SMILES string of the molecule is O=C(O)c1cccc(-c2cn(-c3ccc4c(c3)CC(C(=O)O)N4O)nn2)c1. The number of hydrogen-bond acceptors (Lipinski definition) is 6. The Morgan fingerprint density at radius 3 is 2.67 bits per heavy atom. The van der Waals surface area contributed by atoms with Gasteiger partial charge in [-0.15, -0.1) is 5.10 Å². The minimum atomic E-state index is -1.10. The Kier molecular flexibility index (Phi) is 3.85. The maximum Gasteiger partial charge on any atom is 0.335 e. The summed E-state index contributed by atoms with van der Waals surface area (Å²) < 4.78 is 1.51. The minimum Gasteiger partial charge on any atom is -0.480 e. The van der Waals surface area contributed by atoms with Crippen molar-refractivity contribution in [3.63, 3.8) is 0 Å². The normalized spacial score (nSPS) is 15.6. The van der Waals surface area contributed by atoms with E-state index in [4.69, 9.17) is 10.2 Å². The number of rotatable bonds is 4. The molecular formula is C18H14N4O5. The molecule has 0 saturated carbocycles. The van der Waals surface area contributed by atoms with Crippen LogP contribution in [0.15, 0.2) is 48.7 Å². The number of hydroxylamine groups is 1. The number of aliphatic carboxylic acids is 1. The molecule has 0 bridgehead atoms. The van der Waals surface area contributed by atoms with E-state index in [-0.39, 0.29) is 12.0 Å². The summed E-state index contributed by atoms with van der Waals surface area (Å²) in [7, 11) is 0. The maximum atomic E-state index is 11.2. The van der Waals surface area contributed by atoms with Gasteiger partial charge >= 0.3 is 11.9 Å². The lowest BCUT2D eigenvalue weighted by Gasteiger charge is -2.15. The van der Waals surface area contributed by atoms with Gasteiger partial charge in [0.15, 0.2) is 6.04 Å². The second kappa shape index (κ2) is 6.22. The molecule has 2 heterocycles. The Hall–Kier alpha value is -3.72. The topological polar surface area (TPSA) is 129 Å². The maximum absolute atomic E-state index is 11.2. The van der Waals surface area contributed by atoms with Crippen LogP contribution < -0.4 is 5.06 Å². The van der Waals surface area contributed by atoms with Gasteiger partial charge < -0.3 is 10.2 Å². The number of fused-ring (bicyclic) bond motifs is 1. The summed E-state index contributed by atoms with van der Waals surface area (Å²) in [6.45, 7) is 0. The Balaban J connectivity index is 1.66. The lowest BCUT2D eigenvalue weighted by molar-refractivity contribution is -0.139. The van der Waals surface area contributed by atoms with Crippen molar-refractivity contribution in [2.45, 2.75) is 12.5 Å². The van der Waals surface area contributed by atoms with E-state index < -0.39 is 18.0 Å². The van der Waals surface area contributed by atoms with E-state index in [1.54, 1.807) is 36.5 Å². The van der Waals surface area contributed by atoms with E-state index in [1.165, 1.54) is 16.8 Å². The second-order valence-corrected chi connectivity index (χ2v) is 6.15. The van der Waals surface area contributed by atoms with Gasteiger partial charge in [-0.1, -0.05) is 17.3 Å². The molecule has 4 rings (SSSR count). The van der Waals surface area contributed by atoms with Crippen LogP contribution in [-0.4, -0.2) is 48.4 Å². The smallest absolute Gasteiger partial charge is 0.335 e. The van der Waals surface area contributed by atoms with Crippen LogP contribution in [0.5, 0.6) is 0 Å². The Labute approximate surface area is 152 Å². The van der Waals surface area contributed by atoms with E-state index in [9.17, 15) is 14.8 Å². The molecule has 0 radical (unpaired) electrons. The fourth-order valence-corrected chi connectivity index (χ4v) is 3.09.